The number of methoxy groups -OCH3 is 1. The van der Waals surface area contributed by atoms with Crippen LogP contribution in [0.3, 0.4) is 0 Å². The molecule has 0 amide bonds. The molecule has 0 spiro atoms. The van der Waals surface area contributed by atoms with Crippen molar-refractivity contribution in [2.45, 2.75) is 0 Å². The van der Waals surface area contributed by atoms with Gasteiger partial charge in [0, 0.05) is 6.07 Å². The number of benzene rings is 1. The Labute approximate surface area is 70.2 Å². The third-order valence-electron chi connectivity index (χ3n) is 1.55. The minimum absolute atomic E-state index is 0.646. The van der Waals surface area contributed by atoms with Gasteiger partial charge in [-0.15, -0.1) is 0 Å². The van der Waals surface area contributed by atoms with Gasteiger partial charge in [-0.1, -0.05) is 0 Å². The number of rotatable bonds is 1. The van der Waals surface area contributed by atoms with E-state index in [9.17, 15) is 0 Å². The lowest BCUT2D eigenvalue weighted by atomic mass is 10.3. The number of hydrogen-bond acceptors (Lipinski definition) is 3. The van der Waals surface area contributed by atoms with Crippen molar-refractivity contribution in [3.63, 3.8) is 0 Å². The van der Waals surface area contributed by atoms with Crippen molar-refractivity contribution in [3.05, 3.63) is 30.7 Å². The molecule has 0 aromatic heterocycles. The zero-order valence-electron chi connectivity index (χ0n) is 6.53. The second-order valence-corrected chi connectivity index (χ2v) is 2.27. The predicted octanol–water partition coefficient (Wildman–Crippen LogP) is 1.74. The molecule has 1 heterocycles. The molecular formula is C9H7O3. The maximum absolute atomic E-state index is 5.12. The van der Waals surface area contributed by atoms with Crippen molar-refractivity contribution in [2.75, 3.05) is 7.11 Å². The Morgan fingerprint density at radius 1 is 1.33 bits per heavy atom. The fraction of sp³-hybridized carbons (Fsp3) is 0.111. The molecule has 1 aromatic rings. The van der Waals surface area contributed by atoms with E-state index in [-0.39, 0.29) is 0 Å². The van der Waals surface area contributed by atoms with Crippen molar-refractivity contribution in [1.82, 2.24) is 0 Å². The molecule has 2 rings (SSSR count). The molecule has 3 heteroatoms. The van der Waals surface area contributed by atoms with E-state index in [1.165, 1.54) is 6.26 Å². The highest BCUT2D eigenvalue weighted by Gasteiger charge is 2.08. The van der Waals surface area contributed by atoms with Gasteiger partial charge in [-0.3, -0.25) is 0 Å². The lowest BCUT2D eigenvalue weighted by Crippen LogP contribution is -1.96. The summed E-state index contributed by atoms with van der Waals surface area (Å²) in [6, 6.07) is 5.33. The molecule has 0 atom stereocenters. The van der Waals surface area contributed by atoms with Crippen molar-refractivity contribution in [3.8, 4) is 17.2 Å². The quantitative estimate of drug-likeness (QED) is 0.631. The van der Waals surface area contributed by atoms with Crippen LogP contribution < -0.4 is 14.2 Å². The van der Waals surface area contributed by atoms with Gasteiger partial charge in [0.25, 0.3) is 0 Å². The number of fused-ring (bicyclic) bond motifs is 1. The van der Waals surface area contributed by atoms with Crippen molar-refractivity contribution in [1.29, 1.82) is 0 Å². The molecule has 0 unspecified atom stereocenters. The monoisotopic (exact) mass is 163 g/mol. The van der Waals surface area contributed by atoms with Crippen molar-refractivity contribution < 1.29 is 14.2 Å². The van der Waals surface area contributed by atoms with Crippen molar-refractivity contribution in [2.24, 2.45) is 0 Å². The second-order valence-electron chi connectivity index (χ2n) is 2.27. The normalized spacial score (nSPS) is 12.8. The molecule has 0 saturated carbocycles. The van der Waals surface area contributed by atoms with E-state index in [2.05, 4.69) is 6.26 Å². The highest BCUT2D eigenvalue weighted by molar-refractivity contribution is 5.46. The van der Waals surface area contributed by atoms with Crippen LogP contribution in [0.15, 0.2) is 24.5 Å². The van der Waals surface area contributed by atoms with Crippen LogP contribution in [0.5, 0.6) is 17.2 Å². The van der Waals surface area contributed by atoms with Gasteiger partial charge in [0.2, 0.25) is 6.26 Å². The molecular weight excluding hydrogens is 156 g/mol. The van der Waals surface area contributed by atoms with Crippen LogP contribution in [-0.4, -0.2) is 7.11 Å². The Bertz CT molecular complexity index is 318. The third kappa shape index (κ3) is 1.09. The van der Waals surface area contributed by atoms with E-state index in [1.807, 2.05) is 0 Å². The Morgan fingerprint density at radius 3 is 3.08 bits per heavy atom. The first-order valence-electron chi connectivity index (χ1n) is 3.49. The van der Waals surface area contributed by atoms with Gasteiger partial charge in [-0.05, 0) is 12.1 Å². The summed E-state index contributed by atoms with van der Waals surface area (Å²) in [5.41, 5.74) is 0. The Morgan fingerprint density at radius 2 is 2.25 bits per heavy atom. The molecule has 61 valence electrons. The van der Waals surface area contributed by atoms with Gasteiger partial charge in [-0.25, -0.2) is 0 Å². The van der Waals surface area contributed by atoms with Crippen LogP contribution in [0.2, 0.25) is 0 Å². The first-order valence-corrected chi connectivity index (χ1v) is 3.49. The average Bonchev–Trinajstić information content (AvgIpc) is 2.17. The fourth-order valence-electron chi connectivity index (χ4n) is 0.967. The smallest absolute Gasteiger partial charge is 0.208 e. The first kappa shape index (κ1) is 7.03. The summed E-state index contributed by atoms with van der Waals surface area (Å²) in [6.07, 6.45) is 3.85. The molecule has 0 saturated heterocycles. The van der Waals surface area contributed by atoms with E-state index < -0.39 is 0 Å². The summed E-state index contributed by atoms with van der Waals surface area (Å²) in [5.74, 6) is 2.04. The van der Waals surface area contributed by atoms with Crippen LogP contribution in [0.1, 0.15) is 0 Å². The highest BCUT2D eigenvalue weighted by atomic mass is 16.5. The van der Waals surface area contributed by atoms with Gasteiger partial charge in [-0.2, -0.15) is 0 Å². The Balaban J connectivity index is 2.39. The maximum atomic E-state index is 5.12. The fourth-order valence-corrected chi connectivity index (χ4v) is 0.967. The van der Waals surface area contributed by atoms with Gasteiger partial charge in [0.15, 0.2) is 11.5 Å². The molecule has 1 aromatic carbocycles. The van der Waals surface area contributed by atoms with E-state index in [0.29, 0.717) is 11.5 Å². The number of hydrogen-bond donors (Lipinski definition) is 0. The first-order chi connectivity index (χ1) is 5.90. The SMILES string of the molecule is COc1ccc2c(c1)OC=[C]O2. The van der Waals surface area contributed by atoms with E-state index in [0.717, 1.165) is 5.75 Å². The van der Waals surface area contributed by atoms with Gasteiger partial charge in [0.05, 0.1) is 7.11 Å². The van der Waals surface area contributed by atoms with Crippen molar-refractivity contribution >= 4 is 0 Å². The Hall–Kier alpha value is -1.64. The number of ether oxygens (including phenoxy) is 3. The molecule has 1 aliphatic heterocycles. The summed E-state index contributed by atoms with van der Waals surface area (Å²) < 4.78 is 15.2. The standard InChI is InChI=1S/C9H7O3/c1-10-7-2-3-8-9(6-7)12-5-4-11-8/h2-3,5-6H,1H3. The van der Waals surface area contributed by atoms with E-state index >= 15 is 0 Å². The molecule has 0 bridgehead atoms. The summed E-state index contributed by atoms with van der Waals surface area (Å²) in [6.45, 7) is 0. The van der Waals surface area contributed by atoms with Crippen LogP contribution in [-0.2, 0) is 0 Å². The second kappa shape index (κ2) is 2.77. The van der Waals surface area contributed by atoms with Gasteiger partial charge >= 0.3 is 0 Å². The molecule has 1 radical (unpaired) electrons. The van der Waals surface area contributed by atoms with E-state index in [4.69, 9.17) is 14.2 Å². The lowest BCUT2D eigenvalue weighted by molar-refractivity contribution is 0.338. The molecule has 0 fully saturated rings. The maximum Gasteiger partial charge on any atom is 0.208 e. The summed E-state index contributed by atoms with van der Waals surface area (Å²) in [4.78, 5) is 0. The average molecular weight is 163 g/mol. The Kier molecular flexibility index (Phi) is 1.63. The molecule has 12 heavy (non-hydrogen) atoms. The molecule has 0 aliphatic carbocycles. The summed E-state index contributed by atoms with van der Waals surface area (Å²) in [7, 11) is 1.60. The van der Waals surface area contributed by atoms with Crippen LogP contribution in [0, 0.1) is 6.26 Å². The zero-order valence-corrected chi connectivity index (χ0v) is 6.53. The topological polar surface area (TPSA) is 27.7 Å². The van der Waals surface area contributed by atoms with Crippen LogP contribution in [0.4, 0.5) is 0 Å². The third-order valence-corrected chi connectivity index (χ3v) is 1.55. The zero-order chi connectivity index (χ0) is 8.39. The lowest BCUT2D eigenvalue weighted by Gasteiger charge is -2.11. The molecule has 1 aliphatic rings. The van der Waals surface area contributed by atoms with Crippen LogP contribution >= 0.6 is 0 Å². The van der Waals surface area contributed by atoms with Gasteiger partial charge in [0.1, 0.15) is 12.0 Å². The minimum atomic E-state index is 0.646. The summed E-state index contributed by atoms with van der Waals surface area (Å²) >= 11 is 0. The summed E-state index contributed by atoms with van der Waals surface area (Å²) in [5, 5.41) is 0. The minimum Gasteiger partial charge on any atom is -0.497 e. The van der Waals surface area contributed by atoms with Gasteiger partial charge < -0.3 is 14.2 Å². The largest absolute Gasteiger partial charge is 0.497 e. The van der Waals surface area contributed by atoms with E-state index in [1.54, 1.807) is 25.3 Å². The molecule has 3 nitrogen and oxygen atoms in total. The molecule has 0 N–H and O–H groups in total. The predicted molar refractivity (Wildman–Crippen MR) is 42.1 cm³/mol. The van der Waals surface area contributed by atoms with Crippen LogP contribution in [0.25, 0.3) is 0 Å². The highest BCUT2D eigenvalue weighted by Crippen LogP contribution is 2.33.